The number of nitrogens with one attached hydrogen (secondary N) is 1. The van der Waals surface area contributed by atoms with Crippen molar-refractivity contribution >= 4 is 5.84 Å². The quantitative estimate of drug-likeness (QED) is 0.538. The zero-order chi connectivity index (χ0) is 11.5. The van der Waals surface area contributed by atoms with Gasteiger partial charge in [-0.15, -0.1) is 0 Å². The minimum Gasteiger partial charge on any atom is -0.388 e. The van der Waals surface area contributed by atoms with E-state index in [1.54, 1.807) is 0 Å². The summed E-state index contributed by atoms with van der Waals surface area (Å²) in [5.74, 6) is 0.330. The zero-order valence-electron chi connectivity index (χ0n) is 10.3. The monoisotopic (exact) mass is 224 g/mol. The van der Waals surface area contributed by atoms with Crippen LogP contribution in [-0.4, -0.2) is 53.9 Å². The van der Waals surface area contributed by atoms with Crippen LogP contribution >= 0.6 is 0 Å². The van der Waals surface area contributed by atoms with Crippen LogP contribution < -0.4 is 5.73 Å². The number of nitrogens with two attached hydrogens (primary N) is 1. The highest BCUT2D eigenvalue weighted by Crippen LogP contribution is 2.28. The average molecular weight is 224 g/mol. The Morgan fingerprint density at radius 1 is 1.31 bits per heavy atom. The van der Waals surface area contributed by atoms with E-state index in [2.05, 4.69) is 16.7 Å². The van der Waals surface area contributed by atoms with Crippen molar-refractivity contribution in [2.75, 3.05) is 26.2 Å². The van der Waals surface area contributed by atoms with Gasteiger partial charge in [-0.05, 0) is 19.3 Å². The molecule has 0 aromatic rings. The van der Waals surface area contributed by atoms with Crippen LogP contribution in [0.1, 0.15) is 32.6 Å². The van der Waals surface area contributed by atoms with E-state index in [1.807, 2.05) is 0 Å². The van der Waals surface area contributed by atoms with Gasteiger partial charge in [-0.2, -0.15) is 0 Å². The van der Waals surface area contributed by atoms with Crippen LogP contribution in [0.15, 0.2) is 0 Å². The van der Waals surface area contributed by atoms with E-state index in [4.69, 9.17) is 11.1 Å². The third-order valence-corrected chi connectivity index (χ3v) is 3.86. The summed E-state index contributed by atoms with van der Waals surface area (Å²) in [7, 11) is 0. The first-order valence-electron chi connectivity index (χ1n) is 6.51. The van der Waals surface area contributed by atoms with Crippen molar-refractivity contribution in [2.45, 2.75) is 44.7 Å². The molecule has 1 atom stereocenters. The van der Waals surface area contributed by atoms with Gasteiger partial charge in [-0.3, -0.25) is 15.2 Å². The Hall–Kier alpha value is -0.610. The Kier molecular flexibility index (Phi) is 3.82. The molecule has 2 fully saturated rings. The van der Waals surface area contributed by atoms with E-state index in [0.717, 1.165) is 32.0 Å². The molecule has 3 N–H and O–H groups in total. The molecule has 2 rings (SSSR count). The summed E-state index contributed by atoms with van der Waals surface area (Å²) in [5.41, 5.74) is 5.51. The topological polar surface area (TPSA) is 56.4 Å². The molecule has 0 radical (unpaired) electrons. The van der Waals surface area contributed by atoms with Crippen molar-refractivity contribution in [1.82, 2.24) is 9.80 Å². The number of nitrogens with zero attached hydrogens (tertiary/aromatic N) is 2. The molecule has 1 saturated heterocycles. The van der Waals surface area contributed by atoms with Crippen LogP contribution in [0.4, 0.5) is 0 Å². The van der Waals surface area contributed by atoms with Gasteiger partial charge >= 0.3 is 0 Å². The molecule has 0 bridgehead atoms. The summed E-state index contributed by atoms with van der Waals surface area (Å²) in [6.45, 7) is 6.92. The second-order valence-corrected chi connectivity index (χ2v) is 5.09. The molecular formula is C12H24N4. The maximum atomic E-state index is 7.41. The van der Waals surface area contributed by atoms with Gasteiger partial charge in [0, 0.05) is 44.7 Å². The van der Waals surface area contributed by atoms with Gasteiger partial charge < -0.3 is 5.73 Å². The van der Waals surface area contributed by atoms with Gasteiger partial charge in [0.15, 0.2) is 0 Å². The lowest BCUT2D eigenvalue weighted by Gasteiger charge is -2.39. The lowest BCUT2D eigenvalue weighted by atomic mass is 10.1. The first-order chi connectivity index (χ1) is 7.70. The Morgan fingerprint density at radius 3 is 2.38 bits per heavy atom. The fourth-order valence-corrected chi connectivity index (χ4v) is 2.69. The Morgan fingerprint density at radius 2 is 1.94 bits per heavy atom. The molecular weight excluding hydrogens is 200 g/mol. The summed E-state index contributed by atoms with van der Waals surface area (Å²) < 4.78 is 0. The van der Waals surface area contributed by atoms with Gasteiger partial charge in [0.25, 0.3) is 0 Å². The third-order valence-electron chi connectivity index (χ3n) is 3.86. The molecule has 1 unspecified atom stereocenters. The Balaban J connectivity index is 1.78. The summed E-state index contributed by atoms with van der Waals surface area (Å²) in [5, 5.41) is 7.41. The van der Waals surface area contributed by atoms with Gasteiger partial charge in [-0.25, -0.2) is 0 Å². The number of piperazine rings is 1. The van der Waals surface area contributed by atoms with Gasteiger partial charge in [0.05, 0.1) is 5.84 Å². The molecule has 2 aliphatic rings. The SMILES string of the molecule is CCC(CC(=N)N)N1CCN(C2CC2)CC1. The highest BCUT2D eigenvalue weighted by molar-refractivity contribution is 5.77. The van der Waals surface area contributed by atoms with E-state index >= 15 is 0 Å². The third kappa shape index (κ3) is 2.95. The predicted octanol–water partition coefficient (Wildman–Crippen LogP) is 0.871. The highest BCUT2D eigenvalue weighted by Gasteiger charge is 2.32. The smallest absolute Gasteiger partial charge is 0.0921 e. The fraction of sp³-hybridized carbons (Fsp3) is 0.917. The fourth-order valence-electron chi connectivity index (χ4n) is 2.69. The molecule has 0 aromatic carbocycles. The maximum absolute atomic E-state index is 7.41. The first-order valence-corrected chi connectivity index (χ1v) is 6.51. The largest absolute Gasteiger partial charge is 0.388 e. The van der Waals surface area contributed by atoms with Gasteiger partial charge in [-0.1, -0.05) is 6.92 Å². The zero-order valence-corrected chi connectivity index (χ0v) is 10.3. The van der Waals surface area contributed by atoms with Gasteiger partial charge in [0.1, 0.15) is 0 Å². The van der Waals surface area contributed by atoms with E-state index in [9.17, 15) is 0 Å². The molecule has 92 valence electrons. The predicted molar refractivity (Wildman–Crippen MR) is 66.8 cm³/mol. The van der Waals surface area contributed by atoms with E-state index in [1.165, 1.54) is 25.9 Å². The normalized spacial score (nSPS) is 25.6. The number of rotatable bonds is 5. The molecule has 0 spiro atoms. The Labute approximate surface area is 98.3 Å². The molecule has 4 nitrogen and oxygen atoms in total. The van der Waals surface area contributed by atoms with E-state index < -0.39 is 0 Å². The molecule has 4 heteroatoms. The van der Waals surface area contributed by atoms with Crippen LogP contribution in [0, 0.1) is 5.41 Å². The number of amidine groups is 1. The summed E-state index contributed by atoms with van der Waals surface area (Å²) in [6, 6.07) is 1.38. The molecule has 1 saturated carbocycles. The van der Waals surface area contributed by atoms with Crippen LogP contribution in [0.25, 0.3) is 0 Å². The summed E-state index contributed by atoms with van der Waals surface area (Å²) in [4.78, 5) is 5.14. The minimum absolute atomic E-state index is 0.330. The van der Waals surface area contributed by atoms with Gasteiger partial charge in [0.2, 0.25) is 0 Å². The van der Waals surface area contributed by atoms with Crippen LogP contribution in [0.2, 0.25) is 0 Å². The van der Waals surface area contributed by atoms with Crippen molar-refractivity contribution in [3.8, 4) is 0 Å². The molecule has 1 aliphatic carbocycles. The molecule has 1 heterocycles. The average Bonchev–Trinajstić information content (AvgIpc) is 3.10. The second kappa shape index (κ2) is 5.15. The van der Waals surface area contributed by atoms with E-state index in [-0.39, 0.29) is 0 Å². The van der Waals surface area contributed by atoms with Crippen molar-refractivity contribution in [3.63, 3.8) is 0 Å². The number of hydrogen-bond acceptors (Lipinski definition) is 3. The molecule has 16 heavy (non-hydrogen) atoms. The molecule has 0 amide bonds. The standard InChI is InChI=1S/C12H24N4/c1-2-10(9-12(13)14)15-5-7-16(8-6-15)11-3-4-11/h10-11H,2-9H2,1H3,(H3,13,14). The van der Waals surface area contributed by atoms with Crippen molar-refractivity contribution in [3.05, 3.63) is 0 Å². The van der Waals surface area contributed by atoms with E-state index in [0.29, 0.717) is 11.9 Å². The first kappa shape index (κ1) is 11.9. The maximum Gasteiger partial charge on any atom is 0.0921 e. The van der Waals surface area contributed by atoms with Crippen molar-refractivity contribution < 1.29 is 0 Å². The lowest BCUT2D eigenvalue weighted by molar-refractivity contribution is 0.0917. The van der Waals surface area contributed by atoms with Crippen molar-refractivity contribution in [1.29, 1.82) is 5.41 Å². The Bertz CT molecular complexity index is 241. The summed E-state index contributed by atoms with van der Waals surface area (Å²) >= 11 is 0. The molecule has 1 aliphatic heterocycles. The van der Waals surface area contributed by atoms with Crippen LogP contribution in [0.5, 0.6) is 0 Å². The minimum atomic E-state index is 0.330. The molecule has 0 aromatic heterocycles. The number of hydrogen-bond donors (Lipinski definition) is 2. The second-order valence-electron chi connectivity index (χ2n) is 5.09. The van der Waals surface area contributed by atoms with Crippen molar-refractivity contribution in [2.24, 2.45) is 5.73 Å². The highest BCUT2D eigenvalue weighted by atomic mass is 15.3. The lowest BCUT2D eigenvalue weighted by Crippen LogP contribution is -2.51. The van der Waals surface area contributed by atoms with Crippen LogP contribution in [-0.2, 0) is 0 Å². The summed E-state index contributed by atoms with van der Waals surface area (Å²) in [6.07, 6.45) is 4.65. The van der Waals surface area contributed by atoms with Crippen LogP contribution in [0.3, 0.4) is 0 Å².